The molecule has 1 fully saturated rings. The average molecular weight is 537 g/mol. The Morgan fingerprint density at radius 3 is 0.675 bits per heavy atom. The molecule has 0 atom stereocenters. The summed E-state index contributed by atoms with van der Waals surface area (Å²) in [5.74, 6) is 0. The maximum absolute atomic E-state index is 4.22. The van der Waals surface area contributed by atoms with Crippen molar-refractivity contribution in [3.63, 3.8) is 0 Å². The van der Waals surface area contributed by atoms with E-state index < -0.39 is 0 Å². The first kappa shape index (κ1) is 28.0. The SMILES string of the molecule is c1cc(CN2CCN(Cc3ccncc3)CCN(Cc3ccncc3)CCN(Cc3ccncc3)CC2)ccn1. The van der Waals surface area contributed by atoms with Crippen molar-refractivity contribution in [3.05, 3.63) is 120 Å². The predicted octanol–water partition coefficient (Wildman–Crippen LogP) is 3.59. The molecule has 0 unspecified atom stereocenters. The lowest BCUT2D eigenvalue weighted by Gasteiger charge is -2.34. The van der Waals surface area contributed by atoms with Crippen LogP contribution < -0.4 is 0 Å². The van der Waals surface area contributed by atoms with Crippen molar-refractivity contribution >= 4 is 0 Å². The second-order valence-corrected chi connectivity index (χ2v) is 10.5. The van der Waals surface area contributed by atoms with Gasteiger partial charge in [0.15, 0.2) is 0 Å². The third-order valence-electron chi connectivity index (χ3n) is 7.55. The molecule has 8 heteroatoms. The fraction of sp³-hybridized carbons (Fsp3) is 0.375. The van der Waals surface area contributed by atoms with Crippen LogP contribution in [0.5, 0.6) is 0 Å². The van der Waals surface area contributed by atoms with Gasteiger partial charge in [0, 0.05) is 128 Å². The van der Waals surface area contributed by atoms with Gasteiger partial charge >= 0.3 is 0 Å². The second-order valence-electron chi connectivity index (χ2n) is 10.5. The summed E-state index contributed by atoms with van der Waals surface area (Å²) >= 11 is 0. The van der Waals surface area contributed by atoms with Crippen LogP contribution in [0.2, 0.25) is 0 Å². The van der Waals surface area contributed by atoms with Crippen LogP contribution in [-0.4, -0.2) is 91.9 Å². The maximum Gasteiger partial charge on any atom is 0.0271 e. The van der Waals surface area contributed by atoms with E-state index in [9.17, 15) is 0 Å². The molecule has 0 spiro atoms. The van der Waals surface area contributed by atoms with E-state index >= 15 is 0 Å². The van der Waals surface area contributed by atoms with E-state index in [0.717, 1.165) is 78.5 Å². The van der Waals surface area contributed by atoms with Crippen molar-refractivity contribution in [2.24, 2.45) is 0 Å². The minimum atomic E-state index is 0.933. The van der Waals surface area contributed by atoms with Crippen LogP contribution in [0.15, 0.2) is 98.1 Å². The topological polar surface area (TPSA) is 64.5 Å². The molecule has 0 amide bonds. The molecule has 0 aromatic carbocycles. The summed E-state index contributed by atoms with van der Waals surface area (Å²) < 4.78 is 0. The lowest BCUT2D eigenvalue weighted by atomic mass is 10.2. The fourth-order valence-corrected chi connectivity index (χ4v) is 5.20. The van der Waals surface area contributed by atoms with E-state index in [2.05, 4.69) is 88.1 Å². The largest absolute Gasteiger partial charge is 0.297 e. The Labute approximate surface area is 238 Å². The smallest absolute Gasteiger partial charge is 0.0271 e. The number of hydrogen-bond acceptors (Lipinski definition) is 8. The zero-order valence-electron chi connectivity index (χ0n) is 23.3. The zero-order chi connectivity index (χ0) is 27.2. The minimum absolute atomic E-state index is 0.933. The summed E-state index contributed by atoms with van der Waals surface area (Å²) in [4.78, 5) is 27.3. The van der Waals surface area contributed by atoms with Gasteiger partial charge in [0.1, 0.15) is 0 Å². The average Bonchev–Trinajstić information content (AvgIpc) is 3.00. The zero-order valence-corrected chi connectivity index (χ0v) is 23.3. The number of rotatable bonds is 8. The van der Waals surface area contributed by atoms with E-state index in [1.807, 2.05) is 49.6 Å². The van der Waals surface area contributed by atoms with E-state index in [1.54, 1.807) is 0 Å². The molecule has 0 saturated carbocycles. The van der Waals surface area contributed by atoms with Gasteiger partial charge in [0.2, 0.25) is 0 Å². The Hall–Kier alpha value is -3.56. The molecule has 5 heterocycles. The van der Waals surface area contributed by atoms with Gasteiger partial charge in [-0.1, -0.05) is 0 Å². The fourth-order valence-electron chi connectivity index (χ4n) is 5.20. The lowest BCUT2D eigenvalue weighted by Crippen LogP contribution is -2.45. The second kappa shape index (κ2) is 15.3. The van der Waals surface area contributed by atoms with Crippen molar-refractivity contribution in [3.8, 4) is 0 Å². The lowest BCUT2D eigenvalue weighted by molar-refractivity contribution is 0.122. The van der Waals surface area contributed by atoms with E-state index in [4.69, 9.17) is 0 Å². The molecule has 4 aromatic rings. The monoisotopic (exact) mass is 536 g/mol. The van der Waals surface area contributed by atoms with Gasteiger partial charge in [-0.05, 0) is 70.8 Å². The normalized spacial score (nSPS) is 17.2. The van der Waals surface area contributed by atoms with Gasteiger partial charge < -0.3 is 0 Å². The first-order valence-electron chi connectivity index (χ1n) is 14.3. The highest BCUT2D eigenvalue weighted by atomic mass is 15.3. The predicted molar refractivity (Wildman–Crippen MR) is 158 cm³/mol. The molecule has 8 nitrogen and oxygen atoms in total. The van der Waals surface area contributed by atoms with E-state index in [-0.39, 0.29) is 0 Å². The van der Waals surface area contributed by atoms with Gasteiger partial charge in [-0.3, -0.25) is 39.5 Å². The molecule has 0 aliphatic carbocycles. The summed E-state index contributed by atoms with van der Waals surface area (Å²) in [5, 5.41) is 0. The Bertz CT molecular complexity index is 1010. The summed E-state index contributed by atoms with van der Waals surface area (Å²) in [6.45, 7) is 11.9. The molecule has 0 radical (unpaired) electrons. The van der Waals surface area contributed by atoms with Gasteiger partial charge in [-0.25, -0.2) is 0 Å². The van der Waals surface area contributed by atoms with Crippen molar-refractivity contribution in [1.29, 1.82) is 0 Å². The van der Waals surface area contributed by atoms with Crippen LogP contribution >= 0.6 is 0 Å². The molecule has 1 aliphatic rings. The Kier molecular flexibility index (Phi) is 10.7. The summed E-state index contributed by atoms with van der Waals surface area (Å²) in [6.07, 6.45) is 15.2. The van der Waals surface area contributed by atoms with Crippen LogP contribution in [0.25, 0.3) is 0 Å². The molecular weight excluding hydrogens is 496 g/mol. The summed E-state index contributed by atoms with van der Waals surface area (Å²) in [5.41, 5.74) is 5.25. The number of hydrogen-bond donors (Lipinski definition) is 0. The Morgan fingerprint density at radius 2 is 0.500 bits per heavy atom. The quantitative estimate of drug-likeness (QED) is 0.339. The third-order valence-corrected chi connectivity index (χ3v) is 7.55. The van der Waals surface area contributed by atoms with Gasteiger partial charge in [-0.2, -0.15) is 0 Å². The molecule has 1 saturated heterocycles. The maximum atomic E-state index is 4.22. The number of nitrogens with zero attached hydrogens (tertiary/aromatic N) is 8. The van der Waals surface area contributed by atoms with Crippen LogP contribution in [0.3, 0.4) is 0 Å². The van der Waals surface area contributed by atoms with Crippen molar-refractivity contribution in [1.82, 2.24) is 39.5 Å². The molecular formula is C32H40N8. The summed E-state index contributed by atoms with van der Waals surface area (Å²) in [7, 11) is 0. The molecule has 40 heavy (non-hydrogen) atoms. The molecule has 4 aromatic heterocycles. The van der Waals surface area contributed by atoms with Gasteiger partial charge in [0.25, 0.3) is 0 Å². The molecule has 5 rings (SSSR count). The molecule has 0 bridgehead atoms. The minimum Gasteiger partial charge on any atom is -0.297 e. The van der Waals surface area contributed by atoms with Gasteiger partial charge in [0.05, 0.1) is 0 Å². The molecule has 208 valence electrons. The van der Waals surface area contributed by atoms with Crippen LogP contribution in [0, 0.1) is 0 Å². The third kappa shape index (κ3) is 9.27. The van der Waals surface area contributed by atoms with Crippen molar-refractivity contribution in [2.45, 2.75) is 26.2 Å². The van der Waals surface area contributed by atoms with Gasteiger partial charge in [-0.15, -0.1) is 0 Å². The van der Waals surface area contributed by atoms with Crippen LogP contribution in [0.1, 0.15) is 22.3 Å². The van der Waals surface area contributed by atoms with E-state index in [0.29, 0.717) is 0 Å². The van der Waals surface area contributed by atoms with Crippen LogP contribution in [-0.2, 0) is 26.2 Å². The Balaban J connectivity index is 1.34. The first-order valence-corrected chi connectivity index (χ1v) is 14.3. The standard InChI is InChI=1S/C32H40N8/c1-9-33-10-2-29(1)25-37-17-19-38(26-30-3-11-34-12-4-30)21-23-40(28-32-7-15-36-16-8-32)24-22-39(20-18-37)27-31-5-13-35-14-6-31/h1-16H,17-28H2. The van der Waals surface area contributed by atoms with E-state index in [1.165, 1.54) is 22.3 Å². The number of pyridine rings is 4. The van der Waals surface area contributed by atoms with Crippen LogP contribution in [0.4, 0.5) is 0 Å². The highest BCUT2D eigenvalue weighted by Crippen LogP contribution is 2.12. The summed E-state index contributed by atoms with van der Waals surface area (Å²) in [6, 6.07) is 17.1. The van der Waals surface area contributed by atoms with Crippen molar-refractivity contribution in [2.75, 3.05) is 52.4 Å². The molecule has 0 N–H and O–H groups in total. The Morgan fingerprint density at radius 1 is 0.325 bits per heavy atom. The molecule has 1 aliphatic heterocycles. The number of aromatic nitrogens is 4. The first-order chi connectivity index (χ1) is 19.8. The highest BCUT2D eigenvalue weighted by Gasteiger charge is 2.18. The van der Waals surface area contributed by atoms with Crippen molar-refractivity contribution < 1.29 is 0 Å². The highest BCUT2D eigenvalue weighted by molar-refractivity contribution is 5.12.